The van der Waals surface area contributed by atoms with Gasteiger partial charge in [0.15, 0.2) is 0 Å². The van der Waals surface area contributed by atoms with Crippen LogP contribution in [0.15, 0.2) is 28.3 Å². The number of unbranched alkanes of at least 4 members (excludes halogenated alkanes) is 1. The lowest BCUT2D eigenvalue weighted by atomic mass is 10.3. The van der Waals surface area contributed by atoms with Gasteiger partial charge in [0.1, 0.15) is 0 Å². The molecule has 0 aliphatic heterocycles. The molecule has 0 radical (unpaired) electrons. The van der Waals surface area contributed by atoms with E-state index in [0.717, 1.165) is 24.3 Å². The van der Waals surface area contributed by atoms with Gasteiger partial charge in [0.2, 0.25) is 0 Å². The number of rotatable bonds is 6. The molecule has 6 nitrogen and oxygen atoms in total. The second-order valence-electron chi connectivity index (χ2n) is 4.05. The van der Waals surface area contributed by atoms with Crippen molar-refractivity contribution in [2.24, 2.45) is 0 Å². The van der Waals surface area contributed by atoms with Gasteiger partial charge in [0, 0.05) is 11.4 Å². The van der Waals surface area contributed by atoms with Gasteiger partial charge in [0.25, 0.3) is 5.16 Å². The van der Waals surface area contributed by atoms with Crippen molar-refractivity contribution in [1.82, 2.24) is 14.7 Å². The molecule has 1 aromatic carbocycles. The second kappa shape index (κ2) is 5.91. The van der Waals surface area contributed by atoms with Gasteiger partial charge < -0.3 is 4.98 Å². The van der Waals surface area contributed by atoms with E-state index in [1.54, 1.807) is 12.1 Å². The third-order valence-electron chi connectivity index (χ3n) is 2.50. The van der Waals surface area contributed by atoms with Crippen LogP contribution in [0.3, 0.4) is 0 Å². The lowest BCUT2D eigenvalue weighted by Gasteiger charge is -2.02. The zero-order valence-corrected chi connectivity index (χ0v) is 12.0. The van der Waals surface area contributed by atoms with Gasteiger partial charge in [-0.25, -0.2) is 4.98 Å². The SMILES string of the molecule is CCCCNSc1ccc2nc(S(=O)(=O)O)[nH]c2c1. The largest absolute Gasteiger partial charge is 0.328 e. The first-order chi connectivity index (χ1) is 9.00. The molecule has 2 rings (SSSR count). The van der Waals surface area contributed by atoms with Crippen LogP contribution in [0.1, 0.15) is 19.8 Å². The highest BCUT2D eigenvalue weighted by molar-refractivity contribution is 7.97. The smallest absolute Gasteiger partial charge is 0.327 e. The van der Waals surface area contributed by atoms with Crippen molar-refractivity contribution in [3.8, 4) is 0 Å². The predicted molar refractivity (Wildman–Crippen MR) is 74.7 cm³/mol. The third kappa shape index (κ3) is 3.69. The van der Waals surface area contributed by atoms with Crippen LogP contribution in [0.2, 0.25) is 0 Å². The van der Waals surface area contributed by atoms with E-state index in [0.29, 0.717) is 11.0 Å². The number of aromatic nitrogens is 2. The van der Waals surface area contributed by atoms with Crippen LogP contribution in [0.5, 0.6) is 0 Å². The monoisotopic (exact) mass is 301 g/mol. The average molecular weight is 301 g/mol. The Balaban J connectivity index is 2.16. The summed E-state index contributed by atoms with van der Waals surface area (Å²) in [6.07, 6.45) is 2.23. The number of imidazole rings is 1. The maximum absolute atomic E-state index is 11.0. The fourth-order valence-electron chi connectivity index (χ4n) is 1.53. The molecular weight excluding hydrogens is 286 g/mol. The Morgan fingerprint density at radius 1 is 1.47 bits per heavy atom. The van der Waals surface area contributed by atoms with E-state index >= 15 is 0 Å². The molecule has 0 fully saturated rings. The summed E-state index contributed by atoms with van der Waals surface area (Å²) in [7, 11) is -4.29. The van der Waals surface area contributed by atoms with Crippen molar-refractivity contribution in [1.29, 1.82) is 0 Å². The highest BCUT2D eigenvalue weighted by atomic mass is 32.2. The van der Waals surface area contributed by atoms with E-state index in [1.807, 2.05) is 6.07 Å². The summed E-state index contributed by atoms with van der Waals surface area (Å²) in [5.74, 6) is 0. The lowest BCUT2D eigenvalue weighted by molar-refractivity contribution is 0.476. The van der Waals surface area contributed by atoms with E-state index < -0.39 is 15.3 Å². The summed E-state index contributed by atoms with van der Waals surface area (Å²) in [4.78, 5) is 7.35. The molecule has 1 aromatic heterocycles. The molecule has 19 heavy (non-hydrogen) atoms. The highest BCUT2D eigenvalue weighted by Gasteiger charge is 2.15. The van der Waals surface area contributed by atoms with Crippen molar-refractivity contribution < 1.29 is 13.0 Å². The van der Waals surface area contributed by atoms with Gasteiger partial charge in [-0.3, -0.25) is 9.27 Å². The van der Waals surface area contributed by atoms with Crippen LogP contribution in [-0.2, 0) is 10.1 Å². The van der Waals surface area contributed by atoms with Crippen LogP contribution in [0, 0.1) is 0 Å². The van der Waals surface area contributed by atoms with E-state index in [4.69, 9.17) is 4.55 Å². The minimum Gasteiger partial charge on any atom is -0.327 e. The summed E-state index contributed by atoms with van der Waals surface area (Å²) in [6, 6.07) is 5.35. The molecule has 0 spiro atoms. The fourth-order valence-corrected chi connectivity index (χ4v) is 2.71. The molecule has 0 atom stereocenters. The van der Waals surface area contributed by atoms with E-state index in [2.05, 4.69) is 21.6 Å². The van der Waals surface area contributed by atoms with Gasteiger partial charge in [-0.1, -0.05) is 13.3 Å². The Morgan fingerprint density at radius 2 is 2.26 bits per heavy atom. The number of aromatic amines is 1. The lowest BCUT2D eigenvalue weighted by Crippen LogP contribution is -2.04. The van der Waals surface area contributed by atoms with Crippen LogP contribution in [0.25, 0.3) is 11.0 Å². The Kier molecular flexibility index (Phi) is 4.46. The molecule has 2 aromatic rings. The number of nitrogens with zero attached hydrogens (tertiary/aromatic N) is 1. The summed E-state index contributed by atoms with van der Waals surface area (Å²) in [5.41, 5.74) is 1.08. The molecule has 0 unspecified atom stereocenters. The molecule has 0 saturated heterocycles. The van der Waals surface area contributed by atoms with Gasteiger partial charge >= 0.3 is 10.1 Å². The number of nitrogens with one attached hydrogen (secondary N) is 2. The summed E-state index contributed by atoms with van der Waals surface area (Å²) >= 11 is 1.48. The van der Waals surface area contributed by atoms with Crippen LogP contribution < -0.4 is 4.72 Å². The van der Waals surface area contributed by atoms with Crippen molar-refractivity contribution in [3.63, 3.8) is 0 Å². The normalized spacial score (nSPS) is 12.1. The average Bonchev–Trinajstić information content (AvgIpc) is 2.77. The summed E-state index contributed by atoms with van der Waals surface area (Å²) < 4.78 is 34.1. The summed E-state index contributed by atoms with van der Waals surface area (Å²) in [6.45, 7) is 3.04. The van der Waals surface area contributed by atoms with Gasteiger partial charge in [-0.15, -0.1) is 0 Å². The van der Waals surface area contributed by atoms with E-state index in [-0.39, 0.29) is 0 Å². The van der Waals surface area contributed by atoms with Crippen LogP contribution in [0.4, 0.5) is 0 Å². The zero-order valence-electron chi connectivity index (χ0n) is 10.4. The minimum atomic E-state index is -4.29. The molecule has 3 N–H and O–H groups in total. The third-order valence-corrected chi connectivity index (χ3v) is 4.02. The maximum Gasteiger partial charge on any atom is 0.328 e. The van der Waals surface area contributed by atoms with Crippen LogP contribution >= 0.6 is 11.9 Å². The topological polar surface area (TPSA) is 95.1 Å². The molecule has 104 valence electrons. The quantitative estimate of drug-likeness (QED) is 0.430. The maximum atomic E-state index is 11.0. The fraction of sp³-hybridized carbons (Fsp3) is 0.364. The Hall–Kier alpha value is -1.09. The Bertz CT molecular complexity index is 667. The zero-order chi connectivity index (χ0) is 13.9. The molecule has 0 saturated carbocycles. The molecule has 0 amide bonds. The van der Waals surface area contributed by atoms with Crippen molar-refractivity contribution in [2.45, 2.75) is 29.8 Å². The number of benzene rings is 1. The summed E-state index contributed by atoms with van der Waals surface area (Å²) in [5, 5.41) is -0.427. The Morgan fingerprint density at radius 3 is 2.95 bits per heavy atom. The number of H-pyrrole nitrogens is 1. The van der Waals surface area contributed by atoms with Gasteiger partial charge in [-0.05, 0) is 36.6 Å². The molecular formula is C11H15N3O3S2. The molecule has 1 heterocycles. The van der Waals surface area contributed by atoms with Crippen molar-refractivity contribution in [3.05, 3.63) is 18.2 Å². The van der Waals surface area contributed by atoms with Crippen molar-refractivity contribution >= 4 is 33.1 Å². The van der Waals surface area contributed by atoms with E-state index in [9.17, 15) is 8.42 Å². The molecule has 0 aliphatic carbocycles. The predicted octanol–water partition coefficient (Wildman–Crippen LogP) is 2.21. The minimum absolute atomic E-state index is 0.427. The highest BCUT2D eigenvalue weighted by Crippen LogP contribution is 2.21. The molecule has 8 heteroatoms. The molecule has 0 bridgehead atoms. The van der Waals surface area contributed by atoms with Gasteiger partial charge in [0.05, 0.1) is 11.0 Å². The number of hydrogen-bond acceptors (Lipinski definition) is 5. The van der Waals surface area contributed by atoms with Crippen molar-refractivity contribution in [2.75, 3.05) is 6.54 Å². The second-order valence-corrected chi connectivity index (χ2v) is 6.35. The first-order valence-corrected chi connectivity index (χ1v) is 8.13. The van der Waals surface area contributed by atoms with E-state index in [1.165, 1.54) is 11.9 Å². The van der Waals surface area contributed by atoms with Gasteiger partial charge in [-0.2, -0.15) is 8.42 Å². The van der Waals surface area contributed by atoms with Crippen LogP contribution in [-0.4, -0.2) is 29.5 Å². The Labute approximate surface area is 115 Å². The number of fused-ring (bicyclic) bond motifs is 1. The standard InChI is InChI=1S/C11H15N3O3S2/c1-2-3-6-12-18-8-4-5-9-10(7-8)14-11(13-9)19(15,16)17/h4-5,7,12H,2-3,6H2,1H3,(H,13,14)(H,15,16,17). The first-order valence-electron chi connectivity index (χ1n) is 5.87. The first kappa shape index (κ1) is 14.3. The number of hydrogen-bond donors (Lipinski definition) is 3. The molecule has 0 aliphatic rings.